The number of aromatic nitrogens is 2. The monoisotopic (exact) mass is 246 g/mol. The molecule has 0 saturated carbocycles. The highest BCUT2D eigenvalue weighted by atomic mass is 16.5. The number of H-pyrrole nitrogens is 1. The molecule has 0 bridgehead atoms. The molecule has 0 fully saturated rings. The van der Waals surface area contributed by atoms with Gasteiger partial charge in [-0.05, 0) is 24.6 Å². The van der Waals surface area contributed by atoms with Crippen molar-refractivity contribution in [2.45, 2.75) is 13.5 Å². The van der Waals surface area contributed by atoms with Gasteiger partial charge in [0, 0.05) is 11.8 Å². The minimum Gasteiger partial charge on any atom is -0.497 e. The maximum Gasteiger partial charge on any atom is 0.328 e. The summed E-state index contributed by atoms with van der Waals surface area (Å²) in [6, 6.07) is 7.45. The summed E-state index contributed by atoms with van der Waals surface area (Å²) < 4.78 is 6.58. The third-order valence-corrected chi connectivity index (χ3v) is 2.68. The number of aryl methyl sites for hydroxylation is 1. The van der Waals surface area contributed by atoms with Gasteiger partial charge in [0.15, 0.2) is 0 Å². The molecule has 0 aliphatic rings. The Labute approximate surface area is 104 Å². The van der Waals surface area contributed by atoms with Crippen molar-refractivity contribution in [3.63, 3.8) is 0 Å². The van der Waals surface area contributed by atoms with E-state index in [4.69, 9.17) is 4.74 Å². The highest BCUT2D eigenvalue weighted by Gasteiger charge is 2.02. The van der Waals surface area contributed by atoms with Gasteiger partial charge in [-0.1, -0.05) is 12.1 Å². The fourth-order valence-corrected chi connectivity index (χ4v) is 1.70. The number of rotatable bonds is 3. The van der Waals surface area contributed by atoms with Crippen molar-refractivity contribution in [2.24, 2.45) is 0 Å². The molecule has 1 aromatic heterocycles. The van der Waals surface area contributed by atoms with E-state index < -0.39 is 5.69 Å². The molecule has 0 unspecified atom stereocenters. The van der Waals surface area contributed by atoms with E-state index in [9.17, 15) is 9.59 Å². The van der Waals surface area contributed by atoms with Crippen molar-refractivity contribution >= 4 is 0 Å². The normalized spacial score (nSPS) is 10.3. The lowest BCUT2D eigenvalue weighted by Gasteiger charge is -2.07. The molecule has 1 N–H and O–H groups in total. The average Bonchev–Trinajstić information content (AvgIpc) is 2.36. The predicted octanol–water partition coefficient (Wildman–Crippen LogP) is 0.902. The van der Waals surface area contributed by atoms with Gasteiger partial charge < -0.3 is 4.74 Å². The molecule has 0 spiro atoms. The molecule has 94 valence electrons. The second-order valence-electron chi connectivity index (χ2n) is 4.05. The first-order chi connectivity index (χ1) is 8.60. The zero-order chi connectivity index (χ0) is 13.1. The fourth-order valence-electron chi connectivity index (χ4n) is 1.70. The van der Waals surface area contributed by atoms with Gasteiger partial charge in [0.2, 0.25) is 0 Å². The van der Waals surface area contributed by atoms with E-state index in [1.54, 1.807) is 20.2 Å². The van der Waals surface area contributed by atoms with Crippen LogP contribution in [0.5, 0.6) is 5.75 Å². The summed E-state index contributed by atoms with van der Waals surface area (Å²) in [6.07, 6.45) is 1.56. The van der Waals surface area contributed by atoms with E-state index in [1.807, 2.05) is 24.3 Å². The van der Waals surface area contributed by atoms with Gasteiger partial charge in [0.25, 0.3) is 5.56 Å². The summed E-state index contributed by atoms with van der Waals surface area (Å²) in [6.45, 7) is 2.06. The molecule has 0 aliphatic heterocycles. The van der Waals surface area contributed by atoms with Gasteiger partial charge in [-0.25, -0.2) is 4.79 Å². The summed E-state index contributed by atoms with van der Waals surface area (Å²) in [7, 11) is 1.59. The largest absolute Gasteiger partial charge is 0.497 e. The lowest BCUT2D eigenvalue weighted by atomic mass is 10.2. The molecular formula is C13H14N2O3. The molecule has 2 rings (SSSR count). The van der Waals surface area contributed by atoms with Crippen LogP contribution in [-0.2, 0) is 6.54 Å². The number of nitrogens with one attached hydrogen (secondary N) is 1. The molecule has 18 heavy (non-hydrogen) atoms. The maximum atomic E-state index is 11.6. The number of benzene rings is 1. The molecule has 0 atom stereocenters. The van der Waals surface area contributed by atoms with Crippen LogP contribution in [0.15, 0.2) is 40.1 Å². The van der Waals surface area contributed by atoms with Crippen LogP contribution in [0.25, 0.3) is 0 Å². The topological polar surface area (TPSA) is 64.1 Å². The molecule has 0 saturated heterocycles. The zero-order valence-electron chi connectivity index (χ0n) is 10.3. The summed E-state index contributed by atoms with van der Waals surface area (Å²) in [4.78, 5) is 25.2. The highest BCUT2D eigenvalue weighted by Crippen LogP contribution is 2.12. The number of hydrogen-bond acceptors (Lipinski definition) is 3. The number of ether oxygens (including phenoxy) is 1. The first kappa shape index (κ1) is 12.2. The van der Waals surface area contributed by atoms with Crippen LogP contribution in [0.1, 0.15) is 11.1 Å². The highest BCUT2D eigenvalue weighted by molar-refractivity contribution is 5.28. The van der Waals surface area contributed by atoms with E-state index in [0.29, 0.717) is 12.1 Å². The summed E-state index contributed by atoms with van der Waals surface area (Å²) in [5.41, 5.74) is 0.690. The lowest BCUT2D eigenvalue weighted by molar-refractivity contribution is 0.414. The summed E-state index contributed by atoms with van der Waals surface area (Å²) in [5, 5.41) is 0. The molecule has 1 heterocycles. The minimum atomic E-state index is -0.409. The van der Waals surface area contributed by atoms with E-state index in [1.165, 1.54) is 4.57 Å². The number of hydrogen-bond donors (Lipinski definition) is 1. The molecule has 2 aromatic rings. The Kier molecular flexibility index (Phi) is 3.32. The van der Waals surface area contributed by atoms with Crippen molar-refractivity contribution in [1.82, 2.24) is 9.55 Å². The Morgan fingerprint density at radius 1 is 1.33 bits per heavy atom. The number of methoxy groups -OCH3 is 1. The number of aromatic amines is 1. The van der Waals surface area contributed by atoms with Crippen LogP contribution in [0.4, 0.5) is 0 Å². The van der Waals surface area contributed by atoms with Gasteiger partial charge in [-0.15, -0.1) is 0 Å². The van der Waals surface area contributed by atoms with Crippen LogP contribution < -0.4 is 16.0 Å². The van der Waals surface area contributed by atoms with Crippen molar-refractivity contribution < 1.29 is 4.74 Å². The minimum absolute atomic E-state index is 0.345. The smallest absolute Gasteiger partial charge is 0.328 e. The first-order valence-electron chi connectivity index (χ1n) is 5.53. The molecule has 5 nitrogen and oxygen atoms in total. The Balaban J connectivity index is 2.36. The molecule has 5 heteroatoms. The predicted molar refractivity (Wildman–Crippen MR) is 68.2 cm³/mol. The Bertz CT molecular complexity index is 670. The quantitative estimate of drug-likeness (QED) is 0.875. The third kappa shape index (κ3) is 2.51. The molecular weight excluding hydrogens is 232 g/mol. The second kappa shape index (κ2) is 4.91. The van der Waals surface area contributed by atoms with Gasteiger partial charge >= 0.3 is 5.69 Å². The maximum absolute atomic E-state index is 11.6. The fraction of sp³-hybridized carbons (Fsp3) is 0.231. The first-order valence-corrected chi connectivity index (χ1v) is 5.53. The van der Waals surface area contributed by atoms with Crippen molar-refractivity contribution in [1.29, 1.82) is 0 Å². The van der Waals surface area contributed by atoms with Crippen LogP contribution >= 0.6 is 0 Å². The average molecular weight is 246 g/mol. The SMILES string of the molecule is COc1cccc(Cn2cc(C)c(=O)[nH]c2=O)c1. The zero-order valence-corrected chi connectivity index (χ0v) is 10.3. The van der Waals surface area contributed by atoms with Gasteiger partial charge in [0.05, 0.1) is 13.7 Å². The van der Waals surface area contributed by atoms with Crippen molar-refractivity contribution in [3.05, 3.63) is 62.4 Å². The van der Waals surface area contributed by atoms with Crippen molar-refractivity contribution in [2.75, 3.05) is 7.11 Å². The van der Waals surface area contributed by atoms with Crippen LogP contribution in [0.2, 0.25) is 0 Å². The lowest BCUT2D eigenvalue weighted by Crippen LogP contribution is -2.31. The van der Waals surface area contributed by atoms with E-state index in [2.05, 4.69) is 4.98 Å². The van der Waals surface area contributed by atoms with Crippen LogP contribution in [0, 0.1) is 6.92 Å². The van der Waals surface area contributed by atoms with E-state index in [-0.39, 0.29) is 5.56 Å². The Morgan fingerprint density at radius 3 is 2.83 bits per heavy atom. The molecule has 0 amide bonds. The number of nitrogens with zero attached hydrogens (tertiary/aromatic N) is 1. The van der Waals surface area contributed by atoms with E-state index in [0.717, 1.165) is 11.3 Å². The second-order valence-corrected chi connectivity index (χ2v) is 4.05. The molecule has 0 aliphatic carbocycles. The summed E-state index contributed by atoms with van der Waals surface area (Å²) in [5.74, 6) is 0.738. The van der Waals surface area contributed by atoms with Gasteiger partial charge in [-0.2, -0.15) is 0 Å². The Morgan fingerprint density at radius 2 is 2.11 bits per heavy atom. The Hall–Kier alpha value is -2.30. The van der Waals surface area contributed by atoms with Gasteiger partial charge in [0.1, 0.15) is 5.75 Å². The van der Waals surface area contributed by atoms with E-state index >= 15 is 0 Å². The third-order valence-electron chi connectivity index (χ3n) is 2.68. The summed E-state index contributed by atoms with van der Waals surface area (Å²) >= 11 is 0. The van der Waals surface area contributed by atoms with Crippen molar-refractivity contribution in [3.8, 4) is 5.75 Å². The standard InChI is InChI=1S/C13H14N2O3/c1-9-7-15(13(17)14-12(9)16)8-10-4-3-5-11(6-10)18-2/h3-7H,8H2,1-2H3,(H,14,16,17). The van der Waals surface area contributed by atoms with Gasteiger partial charge in [-0.3, -0.25) is 14.3 Å². The van der Waals surface area contributed by atoms with Crippen LogP contribution in [0.3, 0.4) is 0 Å². The molecule has 1 aromatic carbocycles. The molecule has 0 radical (unpaired) electrons. The van der Waals surface area contributed by atoms with Crippen LogP contribution in [-0.4, -0.2) is 16.7 Å².